The number of hydrogen-bond donors (Lipinski definition) is 0. The Morgan fingerprint density at radius 1 is 1.27 bits per heavy atom. The molecular formula is C18H22FNO2. The minimum atomic E-state index is -0.592. The fraction of sp³-hybridized carbons (Fsp3) is 0.611. The minimum Gasteiger partial charge on any atom is -0.381 e. The minimum absolute atomic E-state index is 0.202. The van der Waals surface area contributed by atoms with Gasteiger partial charge in [-0.2, -0.15) is 0 Å². The summed E-state index contributed by atoms with van der Waals surface area (Å²) in [5.41, 5.74) is 0.230. The number of piperidine rings is 1. The molecule has 0 N–H and O–H groups in total. The van der Waals surface area contributed by atoms with Crippen molar-refractivity contribution in [3.63, 3.8) is 0 Å². The molecular weight excluding hydrogens is 281 g/mol. The van der Waals surface area contributed by atoms with Crippen molar-refractivity contribution in [2.75, 3.05) is 19.8 Å². The maximum absolute atomic E-state index is 13.7. The Labute approximate surface area is 130 Å². The van der Waals surface area contributed by atoms with E-state index in [4.69, 9.17) is 4.74 Å². The topological polar surface area (TPSA) is 29.5 Å². The van der Waals surface area contributed by atoms with Crippen molar-refractivity contribution in [2.45, 2.75) is 43.6 Å². The number of amides is 1. The maximum atomic E-state index is 13.7. The predicted octanol–water partition coefficient (Wildman–Crippen LogP) is 2.88. The highest BCUT2D eigenvalue weighted by molar-refractivity contribution is 5.89. The first-order chi connectivity index (χ1) is 10.7. The average Bonchev–Trinajstić information content (AvgIpc) is 3.18. The molecule has 1 aromatic carbocycles. The van der Waals surface area contributed by atoms with Gasteiger partial charge >= 0.3 is 0 Å². The second kappa shape index (κ2) is 5.34. The van der Waals surface area contributed by atoms with Gasteiger partial charge in [0.2, 0.25) is 5.91 Å². The number of carbonyl (C=O) groups excluding carboxylic acids is 1. The zero-order valence-electron chi connectivity index (χ0n) is 12.8. The van der Waals surface area contributed by atoms with E-state index in [-0.39, 0.29) is 11.7 Å². The lowest BCUT2D eigenvalue weighted by Crippen LogP contribution is -2.52. The summed E-state index contributed by atoms with van der Waals surface area (Å²) in [4.78, 5) is 15.5. The summed E-state index contributed by atoms with van der Waals surface area (Å²) in [7, 11) is 0. The zero-order chi connectivity index (χ0) is 15.2. The molecule has 1 aromatic rings. The SMILES string of the molecule is O=C(N1C[C@@H]2CC[C@H]1C2)C1(c2cccc(F)c2)CCOCC1. The third-order valence-corrected chi connectivity index (χ3v) is 5.80. The lowest BCUT2D eigenvalue weighted by atomic mass is 9.72. The first-order valence-corrected chi connectivity index (χ1v) is 8.34. The largest absolute Gasteiger partial charge is 0.381 e. The van der Waals surface area contributed by atoms with Crippen LogP contribution >= 0.6 is 0 Å². The van der Waals surface area contributed by atoms with Crippen LogP contribution in [-0.2, 0) is 14.9 Å². The van der Waals surface area contributed by atoms with Crippen molar-refractivity contribution in [1.82, 2.24) is 4.90 Å². The molecule has 2 heterocycles. The highest BCUT2D eigenvalue weighted by Crippen LogP contribution is 2.43. The second-order valence-corrected chi connectivity index (χ2v) is 7.00. The molecule has 1 amide bonds. The van der Waals surface area contributed by atoms with E-state index in [2.05, 4.69) is 4.90 Å². The van der Waals surface area contributed by atoms with Gasteiger partial charge in [0.1, 0.15) is 5.82 Å². The number of ether oxygens (including phenoxy) is 1. The molecule has 4 rings (SSSR count). The van der Waals surface area contributed by atoms with E-state index >= 15 is 0 Å². The van der Waals surface area contributed by atoms with Crippen molar-refractivity contribution in [3.05, 3.63) is 35.6 Å². The van der Waals surface area contributed by atoms with Gasteiger partial charge in [-0.3, -0.25) is 4.79 Å². The van der Waals surface area contributed by atoms with E-state index in [1.807, 2.05) is 6.07 Å². The Hall–Kier alpha value is -1.42. The van der Waals surface area contributed by atoms with Crippen LogP contribution in [0, 0.1) is 11.7 Å². The Balaban J connectivity index is 1.70. The predicted molar refractivity (Wildman–Crippen MR) is 81.0 cm³/mol. The van der Waals surface area contributed by atoms with E-state index in [0.717, 1.165) is 24.9 Å². The first-order valence-electron chi connectivity index (χ1n) is 8.34. The summed E-state index contributed by atoms with van der Waals surface area (Å²) in [6, 6.07) is 7.01. The molecule has 3 nitrogen and oxygen atoms in total. The fourth-order valence-electron chi connectivity index (χ4n) is 4.58. The summed E-state index contributed by atoms with van der Waals surface area (Å²) in [5, 5.41) is 0. The molecule has 2 saturated heterocycles. The van der Waals surface area contributed by atoms with Gasteiger partial charge in [-0.05, 0) is 55.7 Å². The van der Waals surface area contributed by atoms with Crippen LogP contribution in [0.2, 0.25) is 0 Å². The van der Waals surface area contributed by atoms with Gasteiger partial charge in [0.25, 0.3) is 0 Å². The lowest BCUT2D eigenvalue weighted by molar-refractivity contribution is -0.143. The molecule has 2 bridgehead atoms. The van der Waals surface area contributed by atoms with Gasteiger partial charge < -0.3 is 9.64 Å². The third-order valence-electron chi connectivity index (χ3n) is 5.80. The fourth-order valence-corrected chi connectivity index (χ4v) is 4.58. The molecule has 2 atom stereocenters. The number of rotatable bonds is 2. The van der Waals surface area contributed by atoms with Crippen LogP contribution in [0.4, 0.5) is 4.39 Å². The number of likely N-dealkylation sites (tertiary alicyclic amines) is 1. The highest BCUT2D eigenvalue weighted by Gasteiger charge is 2.49. The number of halogens is 1. The average molecular weight is 303 g/mol. The molecule has 2 aliphatic heterocycles. The highest BCUT2D eigenvalue weighted by atomic mass is 19.1. The monoisotopic (exact) mass is 303 g/mol. The number of fused-ring (bicyclic) bond motifs is 2. The molecule has 1 saturated carbocycles. The summed E-state index contributed by atoms with van der Waals surface area (Å²) in [6.07, 6.45) is 4.85. The maximum Gasteiger partial charge on any atom is 0.233 e. The van der Waals surface area contributed by atoms with Crippen molar-refractivity contribution in [2.24, 2.45) is 5.92 Å². The Kier molecular flexibility index (Phi) is 3.44. The number of benzene rings is 1. The molecule has 4 heteroatoms. The molecule has 22 heavy (non-hydrogen) atoms. The standard InChI is InChI=1S/C18H22FNO2/c19-15-3-1-2-14(11-15)18(6-8-22-9-7-18)17(21)20-12-13-4-5-16(20)10-13/h1-3,11,13,16H,4-10,12H2/t13-,16+/m1/s1. The van der Waals surface area contributed by atoms with E-state index in [1.165, 1.54) is 18.6 Å². The number of nitrogens with zero attached hydrogens (tertiary/aromatic N) is 1. The van der Waals surface area contributed by atoms with Gasteiger partial charge in [-0.25, -0.2) is 4.39 Å². The Morgan fingerprint density at radius 3 is 2.73 bits per heavy atom. The molecule has 0 aromatic heterocycles. The molecule has 3 aliphatic rings. The molecule has 0 spiro atoms. The zero-order valence-corrected chi connectivity index (χ0v) is 12.8. The van der Waals surface area contributed by atoms with Crippen molar-refractivity contribution >= 4 is 5.91 Å². The van der Waals surface area contributed by atoms with Gasteiger partial charge in [0.05, 0.1) is 5.41 Å². The summed E-state index contributed by atoms with van der Waals surface area (Å²) < 4.78 is 19.2. The normalized spacial score (nSPS) is 29.8. The van der Waals surface area contributed by atoms with E-state index < -0.39 is 5.41 Å². The quantitative estimate of drug-likeness (QED) is 0.841. The van der Waals surface area contributed by atoms with Crippen LogP contribution in [0.15, 0.2) is 24.3 Å². The number of hydrogen-bond acceptors (Lipinski definition) is 2. The second-order valence-electron chi connectivity index (χ2n) is 7.00. The molecule has 118 valence electrons. The number of carbonyl (C=O) groups is 1. The summed E-state index contributed by atoms with van der Waals surface area (Å²) in [6.45, 7) is 2.04. The van der Waals surface area contributed by atoms with Crippen LogP contribution in [0.1, 0.15) is 37.7 Å². The summed E-state index contributed by atoms with van der Waals surface area (Å²) >= 11 is 0. The van der Waals surface area contributed by atoms with Gasteiger partial charge in [-0.15, -0.1) is 0 Å². The van der Waals surface area contributed by atoms with Crippen LogP contribution < -0.4 is 0 Å². The smallest absolute Gasteiger partial charge is 0.233 e. The molecule has 1 aliphatic carbocycles. The van der Waals surface area contributed by atoms with Crippen molar-refractivity contribution in [1.29, 1.82) is 0 Å². The Bertz CT molecular complexity index is 582. The van der Waals surface area contributed by atoms with Gasteiger partial charge in [0, 0.05) is 25.8 Å². The lowest BCUT2D eigenvalue weighted by Gasteiger charge is -2.41. The third kappa shape index (κ3) is 2.16. The van der Waals surface area contributed by atoms with Crippen LogP contribution in [-0.4, -0.2) is 36.6 Å². The van der Waals surface area contributed by atoms with E-state index in [9.17, 15) is 9.18 Å². The molecule has 0 unspecified atom stereocenters. The van der Waals surface area contributed by atoms with Crippen LogP contribution in [0.25, 0.3) is 0 Å². The Morgan fingerprint density at radius 2 is 2.09 bits per heavy atom. The van der Waals surface area contributed by atoms with Crippen molar-refractivity contribution < 1.29 is 13.9 Å². The van der Waals surface area contributed by atoms with Gasteiger partial charge in [0.15, 0.2) is 0 Å². The summed E-state index contributed by atoms with van der Waals surface area (Å²) in [5.74, 6) is 0.617. The first kappa shape index (κ1) is 14.2. The van der Waals surface area contributed by atoms with Crippen molar-refractivity contribution in [3.8, 4) is 0 Å². The van der Waals surface area contributed by atoms with Crippen LogP contribution in [0.5, 0.6) is 0 Å². The van der Waals surface area contributed by atoms with Gasteiger partial charge in [-0.1, -0.05) is 12.1 Å². The van der Waals surface area contributed by atoms with E-state index in [1.54, 1.807) is 6.07 Å². The molecule has 3 fully saturated rings. The molecule has 0 radical (unpaired) electrons. The van der Waals surface area contributed by atoms with Crippen LogP contribution in [0.3, 0.4) is 0 Å². The van der Waals surface area contributed by atoms with E-state index in [0.29, 0.717) is 38.0 Å².